The highest BCUT2D eigenvalue weighted by atomic mass is 19.4. The van der Waals surface area contributed by atoms with Crippen LogP contribution in [0.25, 0.3) is 0 Å². The van der Waals surface area contributed by atoms with E-state index in [-0.39, 0.29) is 6.04 Å². The Bertz CT molecular complexity index is 307. The number of hydrogen-bond donors (Lipinski definition) is 1. The molecule has 0 aliphatic heterocycles. The second-order valence-corrected chi connectivity index (χ2v) is 3.10. The van der Waals surface area contributed by atoms with Crippen molar-refractivity contribution < 1.29 is 18.3 Å². The molecule has 0 fully saturated rings. The van der Waals surface area contributed by atoms with Crippen LogP contribution in [0.15, 0.2) is 6.33 Å². The van der Waals surface area contributed by atoms with E-state index in [1.54, 1.807) is 13.8 Å². The average Bonchev–Trinajstić information content (AvgIpc) is 2.48. The number of aromatic nitrogens is 3. The van der Waals surface area contributed by atoms with Gasteiger partial charge in [-0.1, -0.05) is 0 Å². The molecule has 1 N–H and O–H groups in total. The van der Waals surface area contributed by atoms with Crippen molar-refractivity contribution >= 4 is 0 Å². The Kier molecular flexibility index (Phi) is 2.79. The molecule has 1 heterocycles. The Hall–Kier alpha value is -1.11. The molecule has 0 aliphatic carbocycles. The van der Waals surface area contributed by atoms with Crippen molar-refractivity contribution in [3.63, 3.8) is 0 Å². The number of aliphatic hydroxyl groups is 1. The molecule has 0 bridgehead atoms. The molecule has 80 valence electrons. The van der Waals surface area contributed by atoms with Crippen LogP contribution in [0.1, 0.15) is 31.8 Å². The van der Waals surface area contributed by atoms with Crippen LogP contribution in [-0.2, 0) is 0 Å². The van der Waals surface area contributed by atoms with Gasteiger partial charge in [0.15, 0.2) is 5.82 Å². The first-order valence-corrected chi connectivity index (χ1v) is 3.98. The lowest BCUT2D eigenvalue weighted by atomic mass is 10.3. The first-order chi connectivity index (χ1) is 6.34. The molecule has 7 heteroatoms. The molecule has 1 atom stereocenters. The summed E-state index contributed by atoms with van der Waals surface area (Å²) in [5.41, 5.74) is 0. The van der Waals surface area contributed by atoms with Gasteiger partial charge in [0.25, 0.3) is 0 Å². The molecule has 0 aromatic carbocycles. The van der Waals surface area contributed by atoms with Crippen LogP contribution in [0.2, 0.25) is 0 Å². The Morgan fingerprint density at radius 2 is 2.00 bits per heavy atom. The van der Waals surface area contributed by atoms with Crippen LogP contribution in [0.5, 0.6) is 0 Å². The van der Waals surface area contributed by atoms with E-state index < -0.39 is 18.1 Å². The Morgan fingerprint density at radius 3 is 2.43 bits per heavy atom. The van der Waals surface area contributed by atoms with Crippen molar-refractivity contribution in [3.05, 3.63) is 12.2 Å². The van der Waals surface area contributed by atoms with Crippen molar-refractivity contribution in [1.29, 1.82) is 0 Å². The van der Waals surface area contributed by atoms with E-state index in [1.165, 1.54) is 0 Å². The topological polar surface area (TPSA) is 50.9 Å². The second kappa shape index (κ2) is 3.56. The van der Waals surface area contributed by atoms with Crippen LogP contribution in [0.4, 0.5) is 13.2 Å². The van der Waals surface area contributed by atoms with E-state index in [0.717, 1.165) is 11.0 Å². The molecule has 0 spiro atoms. The summed E-state index contributed by atoms with van der Waals surface area (Å²) >= 11 is 0. The number of nitrogens with zero attached hydrogens (tertiary/aromatic N) is 3. The van der Waals surface area contributed by atoms with E-state index in [1.807, 2.05) is 0 Å². The molecular formula is C7H10F3N3O. The molecule has 0 aliphatic rings. The third-order valence-corrected chi connectivity index (χ3v) is 1.64. The minimum absolute atomic E-state index is 0.274. The highest BCUT2D eigenvalue weighted by molar-refractivity contribution is 4.94. The van der Waals surface area contributed by atoms with Gasteiger partial charge in [0.05, 0.1) is 0 Å². The number of alkyl halides is 3. The number of aliphatic hydroxyl groups excluding tert-OH is 1. The minimum Gasteiger partial charge on any atom is -0.377 e. The van der Waals surface area contributed by atoms with Gasteiger partial charge in [-0.05, 0) is 13.8 Å². The fourth-order valence-corrected chi connectivity index (χ4v) is 0.999. The zero-order chi connectivity index (χ0) is 10.9. The van der Waals surface area contributed by atoms with Crippen LogP contribution in [0, 0.1) is 0 Å². The van der Waals surface area contributed by atoms with E-state index in [4.69, 9.17) is 5.11 Å². The summed E-state index contributed by atoms with van der Waals surface area (Å²) in [7, 11) is 0. The third kappa shape index (κ3) is 2.03. The number of rotatable bonds is 2. The van der Waals surface area contributed by atoms with E-state index >= 15 is 0 Å². The number of hydrogen-bond acceptors (Lipinski definition) is 3. The predicted molar refractivity (Wildman–Crippen MR) is 41.4 cm³/mol. The molecule has 1 aromatic rings. The zero-order valence-corrected chi connectivity index (χ0v) is 7.65. The molecule has 0 radical (unpaired) electrons. The fourth-order valence-electron chi connectivity index (χ4n) is 0.999. The molecule has 14 heavy (non-hydrogen) atoms. The van der Waals surface area contributed by atoms with Crippen molar-refractivity contribution in [2.45, 2.75) is 32.2 Å². The average molecular weight is 209 g/mol. The molecule has 0 saturated heterocycles. The highest BCUT2D eigenvalue weighted by Crippen LogP contribution is 2.31. The summed E-state index contributed by atoms with van der Waals surface area (Å²) in [6, 6.07) is -0.274. The molecule has 0 amide bonds. The fraction of sp³-hybridized carbons (Fsp3) is 0.714. The maximum Gasteiger partial charge on any atom is 0.421 e. The van der Waals surface area contributed by atoms with Crippen LogP contribution >= 0.6 is 0 Å². The third-order valence-electron chi connectivity index (χ3n) is 1.64. The van der Waals surface area contributed by atoms with Crippen molar-refractivity contribution in [1.82, 2.24) is 14.8 Å². The lowest BCUT2D eigenvalue weighted by Crippen LogP contribution is -2.24. The van der Waals surface area contributed by atoms with Gasteiger partial charge < -0.3 is 5.11 Å². The molecule has 0 unspecified atom stereocenters. The van der Waals surface area contributed by atoms with Crippen LogP contribution in [-0.4, -0.2) is 26.0 Å². The number of halogens is 3. The largest absolute Gasteiger partial charge is 0.421 e. The molecule has 1 aromatic heterocycles. The van der Waals surface area contributed by atoms with Crippen molar-refractivity contribution in [2.75, 3.05) is 0 Å². The van der Waals surface area contributed by atoms with Crippen LogP contribution in [0.3, 0.4) is 0 Å². The Morgan fingerprint density at radius 1 is 1.43 bits per heavy atom. The molecular weight excluding hydrogens is 199 g/mol. The zero-order valence-electron chi connectivity index (χ0n) is 7.65. The van der Waals surface area contributed by atoms with Crippen LogP contribution < -0.4 is 0 Å². The molecule has 4 nitrogen and oxygen atoms in total. The SMILES string of the molecule is CC(C)n1ncnc1[C@@H](O)C(F)(F)F. The Labute approximate surface area is 78.4 Å². The quantitative estimate of drug-likeness (QED) is 0.802. The van der Waals surface area contributed by atoms with E-state index in [0.29, 0.717) is 0 Å². The van der Waals surface area contributed by atoms with Gasteiger partial charge >= 0.3 is 6.18 Å². The van der Waals surface area contributed by atoms with Gasteiger partial charge in [-0.15, -0.1) is 0 Å². The van der Waals surface area contributed by atoms with Gasteiger partial charge in [-0.2, -0.15) is 18.3 Å². The highest BCUT2D eigenvalue weighted by Gasteiger charge is 2.42. The maximum atomic E-state index is 12.1. The van der Waals surface area contributed by atoms with Gasteiger partial charge in [0.1, 0.15) is 6.33 Å². The Balaban J connectivity index is 3.01. The minimum atomic E-state index is -4.71. The first-order valence-electron chi connectivity index (χ1n) is 3.98. The van der Waals surface area contributed by atoms with Crippen molar-refractivity contribution in [2.24, 2.45) is 0 Å². The first kappa shape index (κ1) is 11.0. The molecule has 0 saturated carbocycles. The van der Waals surface area contributed by atoms with Crippen molar-refractivity contribution in [3.8, 4) is 0 Å². The van der Waals surface area contributed by atoms with Gasteiger partial charge in [0.2, 0.25) is 6.10 Å². The normalized spacial score (nSPS) is 14.8. The van der Waals surface area contributed by atoms with Gasteiger partial charge in [-0.25, -0.2) is 9.67 Å². The summed E-state index contributed by atoms with van der Waals surface area (Å²) in [5, 5.41) is 12.5. The lowest BCUT2D eigenvalue weighted by Gasteiger charge is -2.16. The smallest absolute Gasteiger partial charge is 0.377 e. The van der Waals surface area contributed by atoms with E-state index in [2.05, 4.69) is 10.1 Å². The molecule has 1 rings (SSSR count). The van der Waals surface area contributed by atoms with Gasteiger partial charge in [0, 0.05) is 6.04 Å². The lowest BCUT2D eigenvalue weighted by molar-refractivity contribution is -0.210. The monoisotopic (exact) mass is 209 g/mol. The second-order valence-electron chi connectivity index (χ2n) is 3.10. The standard InChI is InChI=1S/C7H10F3N3O/c1-4(2)13-6(11-3-12-13)5(14)7(8,9)10/h3-5,14H,1-2H3/t5-/m1/s1. The summed E-state index contributed by atoms with van der Waals surface area (Å²) in [5.74, 6) is -0.479. The summed E-state index contributed by atoms with van der Waals surface area (Å²) in [4.78, 5) is 3.39. The maximum absolute atomic E-state index is 12.1. The summed E-state index contributed by atoms with van der Waals surface area (Å²) in [6.07, 6.45) is -6.29. The van der Waals surface area contributed by atoms with E-state index in [9.17, 15) is 13.2 Å². The van der Waals surface area contributed by atoms with Gasteiger partial charge in [-0.3, -0.25) is 0 Å². The summed E-state index contributed by atoms with van der Waals surface area (Å²) < 4.78 is 37.4. The summed E-state index contributed by atoms with van der Waals surface area (Å²) in [6.45, 7) is 3.31. The predicted octanol–water partition coefficient (Wildman–Crippen LogP) is 1.45.